The number of ether oxygens (including phenoxy) is 1. The fourth-order valence-electron chi connectivity index (χ4n) is 6.79. The zero-order valence-electron chi connectivity index (χ0n) is 23.1. The molecule has 4 heterocycles. The van der Waals surface area contributed by atoms with Crippen LogP contribution in [0.25, 0.3) is 10.8 Å². The van der Waals surface area contributed by atoms with Crippen LogP contribution in [0.1, 0.15) is 36.8 Å². The summed E-state index contributed by atoms with van der Waals surface area (Å²) in [7, 11) is -1.41. The Morgan fingerprint density at radius 1 is 1.15 bits per heavy atom. The van der Waals surface area contributed by atoms with Crippen LogP contribution in [0.15, 0.2) is 54.5 Å². The van der Waals surface area contributed by atoms with E-state index in [4.69, 9.17) is 21.3 Å². The number of anilines is 2. The van der Waals surface area contributed by atoms with Gasteiger partial charge in [-0.1, -0.05) is 42.4 Å². The fourth-order valence-corrected chi connectivity index (χ4v) is 7.76. The fraction of sp³-hybridized carbons (Fsp3) is 0.452. The second kappa shape index (κ2) is 10.9. The Bertz CT molecular complexity index is 1530. The van der Waals surface area contributed by atoms with Crippen LogP contribution in [0.4, 0.5) is 11.5 Å². The summed E-state index contributed by atoms with van der Waals surface area (Å²) in [6.07, 6.45) is 5.55. The van der Waals surface area contributed by atoms with Crippen molar-refractivity contribution in [3.8, 4) is 5.88 Å². The van der Waals surface area contributed by atoms with E-state index in [0.717, 1.165) is 69.9 Å². The maximum Gasteiger partial charge on any atom is 0.215 e. The van der Waals surface area contributed by atoms with E-state index in [0.29, 0.717) is 25.6 Å². The molecule has 3 aliphatic heterocycles. The molecule has 2 saturated heterocycles. The lowest BCUT2D eigenvalue weighted by molar-refractivity contribution is 0.111. The number of nitrogens with zero attached hydrogens (tertiary/aromatic N) is 4. The van der Waals surface area contributed by atoms with Crippen LogP contribution in [-0.2, 0) is 22.8 Å². The van der Waals surface area contributed by atoms with E-state index in [1.54, 1.807) is 0 Å². The topological polar surface area (TPSA) is 66.0 Å². The van der Waals surface area contributed by atoms with E-state index < -0.39 is 9.84 Å². The average molecular weight is 581 g/mol. The predicted octanol–water partition coefficient (Wildman–Crippen LogP) is 5.45. The number of halogens is 1. The molecule has 0 amide bonds. The molecule has 0 N–H and O–H groups in total. The molecule has 0 aliphatic carbocycles. The maximum absolute atomic E-state index is 12.2. The second-order valence-corrected chi connectivity index (χ2v) is 13.8. The zero-order chi connectivity index (χ0) is 27.9. The van der Waals surface area contributed by atoms with E-state index >= 15 is 0 Å². The third-order valence-electron chi connectivity index (χ3n) is 8.96. The number of hydrogen-bond donors (Lipinski definition) is 0. The molecule has 7 nitrogen and oxygen atoms in total. The van der Waals surface area contributed by atoms with Crippen molar-refractivity contribution in [1.29, 1.82) is 0 Å². The number of pyridine rings is 1. The van der Waals surface area contributed by atoms with Gasteiger partial charge in [-0.3, -0.25) is 4.90 Å². The third kappa shape index (κ3) is 5.17. The monoisotopic (exact) mass is 580 g/mol. The van der Waals surface area contributed by atoms with Crippen molar-refractivity contribution in [3.63, 3.8) is 0 Å². The van der Waals surface area contributed by atoms with Gasteiger partial charge in [-0.05, 0) is 68.3 Å². The molecule has 9 heteroatoms. The van der Waals surface area contributed by atoms with Crippen molar-refractivity contribution in [3.05, 3.63) is 70.6 Å². The molecular weight excluding hydrogens is 544 g/mol. The van der Waals surface area contributed by atoms with Gasteiger partial charge in [-0.2, -0.15) is 4.98 Å². The third-order valence-corrected chi connectivity index (χ3v) is 10.5. The van der Waals surface area contributed by atoms with Gasteiger partial charge in [0.15, 0.2) is 9.84 Å². The van der Waals surface area contributed by atoms with Crippen molar-refractivity contribution < 1.29 is 13.2 Å². The van der Waals surface area contributed by atoms with Gasteiger partial charge in [0.05, 0.1) is 16.3 Å². The Labute approximate surface area is 242 Å². The van der Waals surface area contributed by atoms with Crippen LogP contribution >= 0.6 is 11.6 Å². The van der Waals surface area contributed by atoms with Gasteiger partial charge in [-0.25, -0.2) is 8.42 Å². The Kier molecular flexibility index (Phi) is 7.44. The summed E-state index contributed by atoms with van der Waals surface area (Å²) >= 11 is 6.68. The number of aromatic nitrogens is 1. The molecule has 0 unspecified atom stereocenters. The molecule has 1 aromatic heterocycles. The van der Waals surface area contributed by atoms with Gasteiger partial charge >= 0.3 is 0 Å². The summed E-state index contributed by atoms with van der Waals surface area (Å²) in [6.45, 7) is 8.23. The van der Waals surface area contributed by atoms with Gasteiger partial charge < -0.3 is 14.5 Å². The Morgan fingerprint density at radius 2 is 1.90 bits per heavy atom. The molecular formula is C31H37ClN4O3S. The van der Waals surface area contributed by atoms with E-state index in [1.165, 1.54) is 25.7 Å². The predicted molar refractivity (Wildman–Crippen MR) is 163 cm³/mol. The van der Waals surface area contributed by atoms with Crippen LogP contribution in [0.2, 0.25) is 5.02 Å². The van der Waals surface area contributed by atoms with Crippen molar-refractivity contribution in [1.82, 2.24) is 9.88 Å². The largest absolute Gasteiger partial charge is 0.476 e. The number of fused-ring (bicyclic) bond motifs is 3. The highest BCUT2D eigenvalue weighted by Crippen LogP contribution is 2.40. The summed E-state index contributed by atoms with van der Waals surface area (Å²) in [5, 5.41) is 3.97. The van der Waals surface area contributed by atoms with E-state index in [1.807, 2.05) is 24.1 Å². The van der Waals surface area contributed by atoms with E-state index in [9.17, 15) is 8.42 Å². The van der Waals surface area contributed by atoms with Gasteiger partial charge in [0.2, 0.25) is 5.88 Å². The molecule has 3 aliphatic rings. The van der Waals surface area contributed by atoms with Crippen LogP contribution in [0.5, 0.6) is 5.88 Å². The average Bonchev–Trinajstić information content (AvgIpc) is 3.55. The highest BCUT2D eigenvalue weighted by atomic mass is 35.5. The number of hydrogen-bond acceptors (Lipinski definition) is 7. The summed E-state index contributed by atoms with van der Waals surface area (Å²) in [4.78, 5) is 11.9. The number of benzene rings is 2. The number of rotatable bonds is 9. The summed E-state index contributed by atoms with van der Waals surface area (Å²) in [6, 6.07) is 14.4. The van der Waals surface area contributed by atoms with Crippen molar-refractivity contribution in [2.45, 2.75) is 44.2 Å². The van der Waals surface area contributed by atoms with Crippen molar-refractivity contribution in [2.24, 2.45) is 0 Å². The molecule has 2 fully saturated rings. The molecule has 0 saturated carbocycles. The van der Waals surface area contributed by atoms with E-state index in [-0.39, 0.29) is 11.3 Å². The summed E-state index contributed by atoms with van der Waals surface area (Å²) in [5.74, 6) is 1.40. The highest BCUT2D eigenvalue weighted by Gasteiger charge is 2.45. The van der Waals surface area contributed by atoms with Gasteiger partial charge in [0.25, 0.3) is 0 Å². The van der Waals surface area contributed by atoms with Crippen molar-refractivity contribution >= 4 is 43.7 Å². The molecule has 0 bridgehead atoms. The molecule has 0 radical (unpaired) electrons. The molecule has 0 spiro atoms. The Balaban J connectivity index is 1.33. The Hall–Kier alpha value is -2.81. The first-order valence-electron chi connectivity index (χ1n) is 14.2. The first-order chi connectivity index (χ1) is 19.3. The van der Waals surface area contributed by atoms with E-state index in [2.05, 4.69) is 46.7 Å². The minimum Gasteiger partial charge on any atom is -0.476 e. The first-order valence-corrected chi connectivity index (χ1v) is 16.3. The molecule has 40 heavy (non-hydrogen) atoms. The van der Waals surface area contributed by atoms with Gasteiger partial charge in [0, 0.05) is 54.8 Å². The molecule has 212 valence electrons. The van der Waals surface area contributed by atoms with Crippen LogP contribution in [0, 0.1) is 0 Å². The highest BCUT2D eigenvalue weighted by molar-refractivity contribution is 7.94. The lowest BCUT2D eigenvalue weighted by Gasteiger charge is -2.35. The maximum atomic E-state index is 12.2. The first kappa shape index (κ1) is 27.4. The normalized spacial score (nSPS) is 18.5. The zero-order valence-corrected chi connectivity index (χ0v) is 24.7. The quantitative estimate of drug-likeness (QED) is 0.333. The van der Waals surface area contributed by atoms with Crippen LogP contribution in [-0.4, -0.2) is 69.4 Å². The summed E-state index contributed by atoms with van der Waals surface area (Å²) < 4.78 is 30.8. The number of sulfone groups is 1. The lowest BCUT2D eigenvalue weighted by Crippen LogP contribution is -2.43. The van der Waals surface area contributed by atoms with Gasteiger partial charge in [0.1, 0.15) is 12.4 Å². The van der Waals surface area contributed by atoms with Crippen LogP contribution in [0.3, 0.4) is 0 Å². The van der Waals surface area contributed by atoms with Crippen LogP contribution < -0.4 is 14.5 Å². The minimum absolute atomic E-state index is 0.00671. The Morgan fingerprint density at radius 3 is 2.65 bits per heavy atom. The standard InChI is InChI=1S/C31H37ClN4O3S/c1-3-40(37,38)19-18-34(2)30-25-12-17-35(27-11-5-9-23-8-4-10-26(32)29(23)27)21-24(25)20-28(33-30)39-22-31-13-6-15-36(31)16-7-14-31/h3-5,8-11,20H,1,6-7,12-19,21-22H2,2H3. The molecule has 2 aromatic carbocycles. The van der Waals surface area contributed by atoms with Crippen molar-refractivity contribution in [2.75, 3.05) is 55.4 Å². The minimum atomic E-state index is -3.32. The summed E-state index contributed by atoms with van der Waals surface area (Å²) in [5.41, 5.74) is 3.54. The smallest absolute Gasteiger partial charge is 0.215 e. The second-order valence-electron chi connectivity index (χ2n) is 11.4. The molecule has 6 rings (SSSR count). The SMILES string of the molecule is C=CS(=O)(=O)CCN(C)c1nc(OCC23CCCN2CCC3)cc2c1CCN(c1cccc3cccc(Cl)c13)C2. The molecule has 3 aromatic rings. The lowest BCUT2D eigenvalue weighted by atomic mass is 9.95. The van der Waals surface area contributed by atoms with Gasteiger partial charge in [-0.15, -0.1) is 0 Å². The molecule has 0 atom stereocenters.